The molecule has 0 aromatic heterocycles. The number of hydrogen-bond donors (Lipinski definition) is 2. The third-order valence-corrected chi connectivity index (χ3v) is 4.93. The maximum absolute atomic E-state index is 11.7. The van der Waals surface area contributed by atoms with Crippen molar-refractivity contribution in [2.75, 3.05) is 29.7 Å². The summed E-state index contributed by atoms with van der Waals surface area (Å²) in [5.41, 5.74) is 0. The normalized spacial score (nSPS) is 27.9. The molecule has 2 N–H and O–H groups in total. The molecule has 0 aromatic carbocycles. The van der Waals surface area contributed by atoms with Crippen molar-refractivity contribution < 1.29 is 4.79 Å². The van der Waals surface area contributed by atoms with Crippen LogP contribution in [-0.4, -0.2) is 41.6 Å². The second-order valence-electron chi connectivity index (χ2n) is 4.07. The molecule has 0 bridgehead atoms. The summed E-state index contributed by atoms with van der Waals surface area (Å²) in [6, 6.07) is 0.0490. The zero-order valence-electron chi connectivity index (χ0n) is 8.83. The summed E-state index contributed by atoms with van der Waals surface area (Å²) in [5.74, 6) is 5.27. The molecule has 0 radical (unpaired) electrons. The van der Waals surface area contributed by atoms with Gasteiger partial charge in [0.1, 0.15) is 0 Å². The monoisotopic (exact) mass is 246 g/mol. The second-order valence-corrected chi connectivity index (χ2v) is 6.33. The molecule has 3 nitrogen and oxygen atoms in total. The van der Waals surface area contributed by atoms with Gasteiger partial charge in [-0.15, -0.1) is 11.8 Å². The summed E-state index contributed by atoms with van der Waals surface area (Å²) < 4.78 is 0. The van der Waals surface area contributed by atoms with Gasteiger partial charge in [0.15, 0.2) is 0 Å². The summed E-state index contributed by atoms with van der Waals surface area (Å²) >= 11 is 3.83. The van der Waals surface area contributed by atoms with E-state index in [-0.39, 0.29) is 11.9 Å². The highest BCUT2D eigenvalue weighted by atomic mass is 32.2. The third-order valence-electron chi connectivity index (χ3n) is 2.94. The average Bonchev–Trinajstić information content (AvgIpc) is 2.81. The number of carbonyl (C=O) groups is 1. The molecule has 5 heteroatoms. The molecule has 0 unspecified atom stereocenters. The predicted molar refractivity (Wildman–Crippen MR) is 67.3 cm³/mol. The minimum absolute atomic E-state index is 0.0490. The topological polar surface area (TPSA) is 41.1 Å². The fraction of sp³-hybridized carbons (Fsp3) is 0.900. The van der Waals surface area contributed by atoms with Gasteiger partial charge in [-0.1, -0.05) is 0 Å². The van der Waals surface area contributed by atoms with Crippen molar-refractivity contribution >= 4 is 29.4 Å². The van der Waals surface area contributed by atoms with Crippen LogP contribution < -0.4 is 10.6 Å². The van der Waals surface area contributed by atoms with Crippen LogP contribution in [0.4, 0.5) is 0 Å². The lowest BCUT2D eigenvalue weighted by molar-refractivity contribution is -0.122. The largest absolute Gasteiger partial charge is 0.354 e. The Kier molecular flexibility index (Phi) is 4.65. The number of nitrogens with one attached hydrogen (secondary N) is 2. The van der Waals surface area contributed by atoms with Crippen LogP contribution in [0.3, 0.4) is 0 Å². The van der Waals surface area contributed by atoms with Crippen LogP contribution in [0.15, 0.2) is 0 Å². The molecule has 2 heterocycles. The number of rotatable bonds is 3. The molecule has 2 fully saturated rings. The molecule has 1 amide bonds. The molecule has 1 atom stereocenters. The van der Waals surface area contributed by atoms with Gasteiger partial charge in [-0.05, 0) is 30.3 Å². The molecular formula is C10H18N2OS2. The standard InChI is InChI=1S/C10H18N2OS2/c13-10(9-6-15-7-12-9)11-5-8-1-3-14-4-2-8/h8-9,12H,1-7H2,(H,11,13)/t9-/m1/s1. The number of hydrogen-bond acceptors (Lipinski definition) is 4. The van der Waals surface area contributed by atoms with Crippen LogP contribution in [-0.2, 0) is 4.79 Å². The number of amides is 1. The molecule has 0 aromatic rings. The van der Waals surface area contributed by atoms with E-state index in [0.29, 0.717) is 5.92 Å². The highest BCUT2D eigenvalue weighted by Gasteiger charge is 2.23. The van der Waals surface area contributed by atoms with Gasteiger partial charge in [-0.25, -0.2) is 0 Å². The Hall–Kier alpha value is 0.130. The van der Waals surface area contributed by atoms with E-state index in [2.05, 4.69) is 10.6 Å². The highest BCUT2D eigenvalue weighted by molar-refractivity contribution is 7.99. The van der Waals surface area contributed by atoms with E-state index in [1.807, 2.05) is 11.8 Å². The first-order valence-corrected chi connectivity index (χ1v) is 7.84. The zero-order valence-corrected chi connectivity index (χ0v) is 10.5. The van der Waals surface area contributed by atoms with Crippen molar-refractivity contribution in [1.82, 2.24) is 10.6 Å². The van der Waals surface area contributed by atoms with E-state index >= 15 is 0 Å². The lowest BCUT2D eigenvalue weighted by Gasteiger charge is -2.22. The van der Waals surface area contributed by atoms with Gasteiger partial charge in [0.25, 0.3) is 0 Å². The van der Waals surface area contributed by atoms with Gasteiger partial charge >= 0.3 is 0 Å². The van der Waals surface area contributed by atoms with E-state index in [1.54, 1.807) is 11.8 Å². The lowest BCUT2D eigenvalue weighted by atomic mass is 10.0. The summed E-state index contributed by atoms with van der Waals surface area (Å²) in [5, 5.41) is 6.26. The molecule has 0 aliphatic carbocycles. The summed E-state index contributed by atoms with van der Waals surface area (Å²) in [6.45, 7) is 0.877. The zero-order chi connectivity index (χ0) is 10.5. The highest BCUT2D eigenvalue weighted by Crippen LogP contribution is 2.21. The van der Waals surface area contributed by atoms with E-state index in [9.17, 15) is 4.79 Å². The van der Waals surface area contributed by atoms with Crippen molar-refractivity contribution in [3.05, 3.63) is 0 Å². The van der Waals surface area contributed by atoms with Gasteiger partial charge in [-0.2, -0.15) is 11.8 Å². The Morgan fingerprint density at radius 3 is 2.80 bits per heavy atom. The van der Waals surface area contributed by atoms with E-state index in [1.165, 1.54) is 24.3 Å². The third kappa shape index (κ3) is 3.57. The summed E-state index contributed by atoms with van der Waals surface area (Å²) in [4.78, 5) is 11.7. The van der Waals surface area contributed by atoms with Gasteiger partial charge in [-0.3, -0.25) is 10.1 Å². The van der Waals surface area contributed by atoms with Crippen LogP contribution >= 0.6 is 23.5 Å². The van der Waals surface area contributed by atoms with E-state index in [4.69, 9.17) is 0 Å². The quantitative estimate of drug-likeness (QED) is 0.776. The average molecular weight is 246 g/mol. The van der Waals surface area contributed by atoms with Gasteiger partial charge in [0, 0.05) is 18.2 Å². The van der Waals surface area contributed by atoms with E-state index in [0.717, 1.165) is 18.2 Å². The molecule has 2 aliphatic rings. The molecule has 86 valence electrons. The van der Waals surface area contributed by atoms with Crippen LogP contribution in [0.1, 0.15) is 12.8 Å². The number of thioether (sulfide) groups is 2. The lowest BCUT2D eigenvalue weighted by Crippen LogP contribution is -2.43. The fourth-order valence-electron chi connectivity index (χ4n) is 1.88. The minimum atomic E-state index is 0.0490. The van der Waals surface area contributed by atoms with Crippen molar-refractivity contribution in [2.45, 2.75) is 18.9 Å². The minimum Gasteiger partial charge on any atom is -0.354 e. The molecular weight excluding hydrogens is 228 g/mol. The first-order valence-electron chi connectivity index (χ1n) is 5.53. The molecule has 0 saturated carbocycles. The van der Waals surface area contributed by atoms with Crippen LogP contribution in [0, 0.1) is 5.92 Å². The van der Waals surface area contributed by atoms with Crippen molar-refractivity contribution in [3.63, 3.8) is 0 Å². The van der Waals surface area contributed by atoms with Crippen LogP contribution in [0.5, 0.6) is 0 Å². The molecule has 15 heavy (non-hydrogen) atoms. The predicted octanol–water partition coefficient (Wildman–Crippen LogP) is 0.908. The first-order chi connectivity index (χ1) is 7.36. The van der Waals surface area contributed by atoms with Crippen molar-refractivity contribution in [2.24, 2.45) is 5.92 Å². The maximum atomic E-state index is 11.7. The Balaban J connectivity index is 1.65. The SMILES string of the molecule is O=C(NCC1CCSCC1)[C@H]1CSCN1. The smallest absolute Gasteiger partial charge is 0.238 e. The van der Waals surface area contributed by atoms with Crippen molar-refractivity contribution in [3.8, 4) is 0 Å². The maximum Gasteiger partial charge on any atom is 0.238 e. The molecule has 2 aliphatic heterocycles. The van der Waals surface area contributed by atoms with Gasteiger partial charge in [0.2, 0.25) is 5.91 Å². The Labute approximate surface area is 99.5 Å². The van der Waals surface area contributed by atoms with Crippen LogP contribution in [0.2, 0.25) is 0 Å². The molecule has 2 rings (SSSR count). The Morgan fingerprint density at radius 1 is 1.33 bits per heavy atom. The Bertz CT molecular complexity index is 213. The van der Waals surface area contributed by atoms with Crippen LogP contribution in [0.25, 0.3) is 0 Å². The molecule has 0 spiro atoms. The fourth-order valence-corrected chi connectivity index (χ4v) is 4.03. The van der Waals surface area contributed by atoms with Crippen molar-refractivity contribution in [1.29, 1.82) is 0 Å². The molecule has 2 saturated heterocycles. The summed E-state index contributed by atoms with van der Waals surface area (Å²) in [6.07, 6.45) is 2.52. The van der Waals surface area contributed by atoms with Gasteiger partial charge in [0.05, 0.1) is 6.04 Å². The van der Waals surface area contributed by atoms with E-state index < -0.39 is 0 Å². The second kappa shape index (κ2) is 6.01. The first kappa shape index (κ1) is 11.6. The number of carbonyl (C=O) groups excluding carboxylic acids is 1. The van der Waals surface area contributed by atoms with Gasteiger partial charge < -0.3 is 5.32 Å². The summed E-state index contributed by atoms with van der Waals surface area (Å²) in [7, 11) is 0. The Morgan fingerprint density at radius 2 is 2.13 bits per heavy atom.